The third kappa shape index (κ3) is 2.19. The highest BCUT2D eigenvalue weighted by Crippen LogP contribution is 2.07. The molecule has 3 heteroatoms. The molecule has 1 rings (SSSR count). The number of hydrogen-bond acceptors (Lipinski definition) is 3. The zero-order valence-electron chi connectivity index (χ0n) is 7.67. The number of nitrogens with one attached hydrogen (secondary N) is 1. The Labute approximate surface area is 73.2 Å². The number of hydrogen-bond donors (Lipinski definition) is 1. The summed E-state index contributed by atoms with van der Waals surface area (Å²) in [7, 11) is 0. The second-order valence-electron chi connectivity index (χ2n) is 2.63. The van der Waals surface area contributed by atoms with Gasteiger partial charge < -0.3 is 5.32 Å². The van der Waals surface area contributed by atoms with Gasteiger partial charge >= 0.3 is 0 Å². The first-order chi connectivity index (χ1) is 5.88. The lowest BCUT2D eigenvalue weighted by Gasteiger charge is -2.06. The van der Waals surface area contributed by atoms with Gasteiger partial charge in [-0.25, -0.2) is 4.98 Å². The molecule has 0 spiro atoms. The van der Waals surface area contributed by atoms with Crippen LogP contribution in [0.4, 0.5) is 5.82 Å². The molecule has 0 amide bonds. The average Bonchev–Trinajstić information content (AvgIpc) is 2.15. The van der Waals surface area contributed by atoms with Gasteiger partial charge in [0.25, 0.3) is 0 Å². The predicted molar refractivity (Wildman–Crippen MR) is 50.2 cm³/mol. The van der Waals surface area contributed by atoms with E-state index in [1.807, 2.05) is 0 Å². The topological polar surface area (TPSA) is 37.8 Å². The van der Waals surface area contributed by atoms with E-state index in [9.17, 15) is 0 Å². The van der Waals surface area contributed by atoms with Gasteiger partial charge in [0, 0.05) is 18.9 Å². The third-order valence-corrected chi connectivity index (χ3v) is 1.65. The Hall–Kier alpha value is -1.12. The minimum Gasteiger partial charge on any atom is -0.369 e. The molecule has 0 aliphatic rings. The van der Waals surface area contributed by atoms with Crippen LogP contribution in [-0.4, -0.2) is 16.5 Å². The molecule has 0 aliphatic heterocycles. The van der Waals surface area contributed by atoms with Gasteiger partial charge in [0.1, 0.15) is 5.82 Å². The predicted octanol–water partition coefficient (Wildman–Crippen LogP) is 1.86. The lowest BCUT2D eigenvalue weighted by Crippen LogP contribution is -2.05. The van der Waals surface area contributed by atoms with Crippen molar-refractivity contribution >= 4 is 5.82 Å². The molecular formula is C9H15N3. The molecule has 0 bridgehead atoms. The third-order valence-electron chi connectivity index (χ3n) is 1.65. The number of nitrogens with zero attached hydrogens (tertiary/aromatic N) is 2. The van der Waals surface area contributed by atoms with E-state index in [4.69, 9.17) is 0 Å². The van der Waals surface area contributed by atoms with Gasteiger partial charge in [-0.1, -0.05) is 13.8 Å². The molecule has 0 fully saturated rings. The summed E-state index contributed by atoms with van der Waals surface area (Å²) >= 11 is 0. The van der Waals surface area contributed by atoms with E-state index in [2.05, 4.69) is 29.1 Å². The van der Waals surface area contributed by atoms with Crippen molar-refractivity contribution in [3.05, 3.63) is 18.1 Å². The van der Waals surface area contributed by atoms with E-state index >= 15 is 0 Å². The molecule has 1 heterocycles. The number of aryl methyl sites for hydroxylation is 1. The van der Waals surface area contributed by atoms with Crippen LogP contribution in [-0.2, 0) is 6.42 Å². The molecule has 1 aromatic rings. The van der Waals surface area contributed by atoms with E-state index in [0.29, 0.717) is 0 Å². The highest BCUT2D eigenvalue weighted by atomic mass is 15.0. The molecule has 0 atom stereocenters. The summed E-state index contributed by atoms with van der Waals surface area (Å²) in [6, 6.07) is 0. The van der Waals surface area contributed by atoms with Crippen LogP contribution in [0.25, 0.3) is 0 Å². The Bertz CT molecular complexity index is 235. The molecule has 0 aliphatic carbocycles. The highest BCUT2D eigenvalue weighted by molar-refractivity contribution is 5.38. The SMILES string of the molecule is CCCNc1nccnc1CC. The average molecular weight is 165 g/mol. The van der Waals surface area contributed by atoms with Gasteiger partial charge in [0.2, 0.25) is 0 Å². The number of anilines is 1. The van der Waals surface area contributed by atoms with Gasteiger partial charge in [-0.3, -0.25) is 4.98 Å². The number of aromatic nitrogens is 2. The molecular weight excluding hydrogens is 150 g/mol. The van der Waals surface area contributed by atoms with Crippen molar-refractivity contribution in [2.75, 3.05) is 11.9 Å². The highest BCUT2D eigenvalue weighted by Gasteiger charge is 1.99. The molecule has 0 radical (unpaired) electrons. The van der Waals surface area contributed by atoms with E-state index in [1.54, 1.807) is 12.4 Å². The van der Waals surface area contributed by atoms with Crippen LogP contribution < -0.4 is 5.32 Å². The summed E-state index contributed by atoms with van der Waals surface area (Å²) < 4.78 is 0. The zero-order chi connectivity index (χ0) is 8.81. The molecule has 1 N–H and O–H groups in total. The summed E-state index contributed by atoms with van der Waals surface area (Å²) in [4.78, 5) is 8.44. The minimum absolute atomic E-state index is 0.930. The molecule has 1 aromatic heterocycles. The van der Waals surface area contributed by atoms with Crippen LogP contribution in [0.5, 0.6) is 0 Å². The fourth-order valence-electron chi connectivity index (χ4n) is 1.02. The van der Waals surface area contributed by atoms with Crippen molar-refractivity contribution in [3.63, 3.8) is 0 Å². The monoisotopic (exact) mass is 165 g/mol. The van der Waals surface area contributed by atoms with Crippen molar-refractivity contribution in [2.24, 2.45) is 0 Å². The van der Waals surface area contributed by atoms with E-state index in [0.717, 1.165) is 30.9 Å². The largest absolute Gasteiger partial charge is 0.369 e. The van der Waals surface area contributed by atoms with Crippen LogP contribution in [0.15, 0.2) is 12.4 Å². The van der Waals surface area contributed by atoms with Crippen molar-refractivity contribution in [3.8, 4) is 0 Å². The van der Waals surface area contributed by atoms with Gasteiger partial charge in [-0.05, 0) is 12.8 Å². The fraction of sp³-hybridized carbons (Fsp3) is 0.556. The molecule has 66 valence electrons. The van der Waals surface area contributed by atoms with Crippen LogP contribution in [0.1, 0.15) is 26.0 Å². The van der Waals surface area contributed by atoms with Crippen LogP contribution in [0, 0.1) is 0 Å². The smallest absolute Gasteiger partial charge is 0.147 e. The Kier molecular flexibility index (Phi) is 3.51. The van der Waals surface area contributed by atoms with Crippen molar-refractivity contribution in [1.29, 1.82) is 0 Å². The summed E-state index contributed by atoms with van der Waals surface area (Å²) in [5.41, 5.74) is 1.05. The lowest BCUT2D eigenvalue weighted by molar-refractivity contribution is 0.936. The lowest BCUT2D eigenvalue weighted by atomic mass is 10.3. The van der Waals surface area contributed by atoms with Gasteiger partial charge in [-0.15, -0.1) is 0 Å². The van der Waals surface area contributed by atoms with Crippen LogP contribution in [0.2, 0.25) is 0 Å². The normalized spacial score (nSPS) is 9.83. The van der Waals surface area contributed by atoms with Crippen molar-refractivity contribution in [2.45, 2.75) is 26.7 Å². The standard InChI is InChI=1S/C9H15N3/c1-3-5-11-9-8(4-2)10-6-7-12-9/h6-7H,3-5H2,1-2H3,(H,11,12). The Morgan fingerprint density at radius 3 is 2.67 bits per heavy atom. The molecule has 12 heavy (non-hydrogen) atoms. The second-order valence-corrected chi connectivity index (χ2v) is 2.63. The first-order valence-electron chi connectivity index (χ1n) is 4.42. The van der Waals surface area contributed by atoms with E-state index in [1.165, 1.54) is 0 Å². The maximum Gasteiger partial charge on any atom is 0.147 e. The molecule has 0 saturated carbocycles. The van der Waals surface area contributed by atoms with E-state index < -0.39 is 0 Å². The summed E-state index contributed by atoms with van der Waals surface area (Å²) in [5, 5.41) is 3.24. The van der Waals surface area contributed by atoms with Crippen molar-refractivity contribution < 1.29 is 0 Å². The molecule has 0 saturated heterocycles. The first kappa shape index (κ1) is 8.97. The summed E-state index contributed by atoms with van der Waals surface area (Å²) in [6.07, 6.45) is 5.49. The quantitative estimate of drug-likeness (QED) is 0.740. The zero-order valence-corrected chi connectivity index (χ0v) is 7.67. The second kappa shape index (κ2) is 4.70. The maximum atomic E-state index is 4.23. The van der Waals surface area contributed by atoms with Crippen molar-refractivity contribution in [1.82, 2.24) is 9.97 Å². The Morgan fingerprint density at radius 1 is 1.25 bits per heavy atom. The van der Waals surface area contributed by atoms with Gasteiger partial charge in [-0.2, -0.15) is 0 Å². The Morgan fingerprint density at radius 2 is 2.00 bits per heavy atom. The maximum absolute atomic E-state index is 4.23. The van der Waals surface area contributed by atoms with Gasteiger partial charge in [0.15, 0.2) is 0 Å². The van der Waals surface area contributed by atoms with Gasteiger partial charge in [0.05, 0.1) is 5.69 Å². The fourth-order valence-corrected chi connectivity index (χ4v) is 1.02. The minimum atomic E-state index is 0.930. The molecule has 0 aromatic carbocycles. The summed E-state index contributed by atoms with van der Waals surface area (Å²) in [5.74, 6) is 0.932. The van der Waals surface area contributed by atoms with E-state index in [-0.39, 0.29) is 0 Å². The Balaban J connectivity index is 2.68. The molecule has 3 nitrogen and oxygen atoms in total. The van der Waals surface area contributed by atoms with Crippen LogP contribution >= 0.6 is 0 Å². The van der Waals surface area contributed by atoms with Crippen LogP contribution in [0.3, 0.4) is 0 Å². The molecule has 0 unspecified atom stereocenters. The number of rotatable bonds is 4. The summed E-state index contributed by atoms with van der Waals surface area (Å²) in [6.45, 7) is 5.18. The first-order valence-corrected chi connectivity index (χ1v) is 4.42.